The maximum absolute atomic E-state index is 13.7. The Bertz CT molecular complexity index is 1380. The van der Waals surface area contributed by atoms with Crippen molar-refractivity contribution < 1.29 is 27.4 Å². The summed E-state index contributed by atoms with van der Waals surface area (Å²) in [4.78, 5) is 25.5. The molecule has 0 aliphatic carbocycles. The van der Waals surface area contributed by atoms with Crippen LogP contribution in [0.5, 0.6) is 17.4 Å². The van der Waals surface area contributed by atoms with Gasteiger partial charge in [0.2, 0.25) is 5.75 Å². The standard InChI is InChI=1S/C27H29F3N6O3/c1-16-4-5-18(10-22(16)39-26-23-24(31-15-32-26)33-17(2)14-38-23)25(37)34-20-11-19(27(28,29)30)12-21(13-20)36-8-6-35(3)7-9-36/h4-5,10-13,15,17H,6-9,14H2,1-3H3,(H,34,37)(H,31,32,33)/t17-/m1/s1. The lowest BCUT2D eigenvalue weighted by Gasteiger charge is -2.34. The highest BCUT2D eigenvalue weighted by Crippen LogP contribution is 2.38. The van der Waals surface area contributed by atoms with E-state index < -0.39 is 17.6 Å². The molecule has 0 saturated carbocycles. The predicted octanol–water partition coefficient (Wildman–Crippen LogP) is 4.79. The molecule has 2 aliphatic heterocycles. The predicted molar refractivity (Wildman–Crippen MR) is 141 cm³/mol. The third-order valence-corrected chi connectivity index (χ3v) is 6.66. The zero-order chi connectivity index (χ0) is 27.7. The van der Waals surface area contributed by atoms with E-state index in [1.54, 1.807) is 25.1 Å². The number of aromatic nitrogens is 2. The van der Waals surface area contributed by atoms with E-state index in [1.165, 1.54) is 12.4 Å². The normalized spacial score (nSPS) is 17.6. The summed E-state index contributed by atoms with van der Waals surface area (Å²) in [6.45, 7) is 6.82. The summed E-state index contributed by atoms with van der Waals surface area (Å²) < 4.78 is 52.9. The monoisotopic (exact) mass is 542 g/mol. The van der Waals surface area contributed by atoms with Gasteiger partial charge in [0.25, 0.3) is 11.8 Å². The van der Waals surface area contributed by atoms with Crippen LogP contribution in [0.4, 0.5) is 30.4 Å². The molecule has 206 valence electrons. The first-order valence-electron chi connectivity index (χ1n) is 12.6. The number of aryl methyl sites for hydroxylation is 1. The van der Waals surface area contributed by atoms with Gasteiger partial charge in [-0.25, -0.2) is 4.98 Å². The number of halogens is 3. The van der Waals surface area contributed by atoms with Crippen molar-refractivity contribution in [1.82, 2.24) is 14.9 Å². The SMILES string of the molecule is Cc1ccc(C(=O)Nc2cc(N3CCN(C)CC3)cc(C(F)(F)F)c2)cc1Oc1ncnc2c1OC[C@@H](C)N2. The molecule has 0 spiro atoms. The summed E-state index contributed by atoms with van der Waals surface area (Å²) in [6, 6.07) is 8.51. The molecule has 1 fully saturated rings. The molecule has 2 aliphatic rings. The Hall–Kier alpha value is -4.06. The summed E-state index contributed by atoms with van der Waals surface area (Å²) >= 11 is 0. The first-order chi connectivity index (χ1) is 18.6. The molecule has 12 heteroatoms. The number of amides is 1. The van der Waals surface area contributed by atoms with Gasteiger partial charge in [0.15, 0.2) is 5.82 Å². The Morgan fingerprint density at radius 1 is 1.13 bits per heavy atom. The Morgan fingerprint density at radius 3 is 2.64 bits per heavy atom. The number of fused-ring (bicyclic) bond motifs is 1. The van der Waals surface area contributed by atoms with Gasteiger partial charge in [-0.15, -0.1) is 0 Å². The lowest BCUT2D eigenvalue weighted by molar-refractivity contribution is -0.137. The van der Waals surface area contributed by atoms with Crippen molar-refractivity contribution in [3.63, 3.8) is 0 Å². The van der Waals surface area contributed by atoms with Crippen molar-refractivity contribution in [2.45, 2.75) is 26.1 Å². The van der Waals surface area contributed by atoms with Crippen LogP contribution in [0.3, 0.4) is 0 Å². The molecule has 39 heavy (non-hydrogen) atoms. The summed E-state index contributed by atoms with van der Waals surface area (Å²) in [6.07, 6.45) is -3.21. The zero-order valence-electron chi connectivity index (χ0n) is 21.8. The van der Waals surface area contributed by atoms with Gasteiger partial charge in [0.1, 0.15) is 18.7 Å². The fourth-order valence-corrected chi connectivity index (χ4v) is 4.40. The van der Waals surface area contributed by atoms with Gasteiger partial charge in [-0.2, -0.15) is 18.2 Å². The molecule has 9 nitrogen and oxygen atoms in total. The smallest absolute Gasteiger partial charge is 0.416 e. The molecule has 2 N–H and O–H groups in total. The van der Waals surface area contributed by atoms with Crippen molar-refractivity contribution >= 4 is 23.1 Å². The molecule has 3 heterocycles. The maximum atomic E-state index is 13.7. The summed E-state index contributed by atoms with van der Waals surface area (Å²) in [7, 11) is 1.97. The average molecular weight is 543 g/mol. The Kier molecular flexibility index (Phi) is 7.21. The molecule has 1 atom stereocenters. The highest BCUT2D eigenvalue weighted by molar-refractivity contribution is 6.04. The maximum Gasteiger partial charge on any atom is 0.416 e. The van der Waals surface area contributed by atoms with Crippen molar-refractivity contribution in [3.8, 4) is 17.4 Å². The van der Waals surface area contributed by atoms with E-state index in [1.807, 2.05) is 18.9 Å². The van der Waals surface area contributed by atoms with E-state index in [0.29, 0.717) is 42.7 Å². The number of likely N-dealkylation sites (N-methyl/N-ethyl adjacent to an activating group) is 1. The van der Waals surface area contributed by atoms with Gasteiger partial charge in [0.05, 0.1) is 11.6 Å². The first-order valence-corrected chi connectivity index (χ1v) is 12.6. The average Bonchev–Trinajstić information content (AvgIpc) is 2.89. The molecule has 0 unspecified atom stereocenters. The van der Waals surface area contributed by atoms with Crippen LogP contribution in [-0.2, 0) is 6.18 Å². The van der Waals surface area contributed by atoms with Crippen LogP contribution in [0.2, 0.25) is 0 Å². The topological polar surface area (TPSA) is 91.9 Å². The summed E-state index contributed by atoms with van der Waals surface area (Å²) in [5.74, 6) is 0.846. The first kappa shape index (κ1) is 26.5. The van der Waals surface area contributed by atoms with Crippen LogP contribution >= 0.6 is 0 Å². The van der Waals surface area contributed by atoms with Gasteiger partial charge in [-0.1, -0.05) is 6.07 Å². The number of ether oxygens (including phenoxy) is 2. The number of anilines is 3. The lowest BCUT2D eigenvalue weighted by atomic mass is 10.1. The Balaban J connectivity index is 1.39. The number of alkyl halides is 3. The van der Waals surface area contributed by atoms with Gasteiger partial charge < -0.3 is 29.9 Å². The van der Waals surface area contributed by atoms with Crippen LogP contribution in [0.1, 0.15) is 28.4 Å². The van der Waals surface area contributed by atoms with E-state index in [-0.39, 0.29) is 23.2 Å². The number of hydrogen-bond donors (Lipinski definition) is 2. The largest absolute Gasteiger partial charge is 0.483 e. The quantitative estimate of drug-likeness (QED) is 0.476. The second kappa shape index (κ2) is 10.6. The molecule has 0 radical (unpaired) electrons. The van der Waals surface area contributed by atoms with E-state index in [0.717, 1.165) is 30.8 Å². The third kappa shape index (κ3) is 6.00. The van der Waals surface area contributed by atoms with Gasteiger partial charge in [0, 0.05) is 43.1 Å². The van der Waals surface area contributed by atoms with Crippen LogP contribution in [-0.4, -0.2) is 66.7 Å². The van der Waals surface area contributed by atoms with Crippen LogP contribution in [0.15, 0.2) is 42.7 Å². The molecule has 1 amide bonds. The highest BCUT2D eigenvalue weighted by Gasteiger charge is 2.32. The molecule has 2 aromatic carbocycles. The molecule has 5 rings (SSSR count). The second-order valence-electron chi connectivity index (χ2n) is 9.81. The van der Waals surface area contributed by atoms with Crippen molar-refractivity contribution in [1.29, 1.82) is 0 Å². The zero-order valence-corrected chi connectivity index (χ0v) is 21.8. The second-order valence-corrected chi connectivity index (χ2v) is 9.81. The third-order valence-electron chi connectivity index (χ3n) is 6.66. The highest BCUT2D eigenvalue weighted by atomic mass is 19.4. The number of nitrogens with one attached hydrogen (secondary N) is 2. The van der Waals surface area contributed by atoms with Crippen LogP contribution in [0.25, 0.3) is 0 Å². The molecule has 1 saturated heterocycles. The minimum atomic E-state index is -4.56. The minimum Gasteiger partial charge on any atom is -0.483 e. The number of hydrogen-bond acceptors (Lipinski definition) is 8. The summed E-state index contributed by atoms with van der Waals surface area (Å²) in [5.41, 5.74) is 0.596. The van der Waals surface area contributed by atoms with Crippen LogP contribution < -0.4 is 25.0 Å². The van der Waals surface area contributed by atoms with E-state index in [9.17, 15) is 18.0 Å². The fraction of sp³-hybridized carbons (Fsp3) is 0.370. The van der Waals surface area contributed by atoms with Gasteiger partial charge in [-0.3, -0.25) is 4.79 Å². The summed E-state index contributed by atoms with van der Waals surface area (Å²) in [5, 5.41) is 5.83. The van der Waals surface area contributed by atoms with Crippen molar-refractivity contribution in [3.05, 3.63) is 59.4 Å². The molecule has 1 aromatic heterocycles. The molecular weight excluding hydrogens is 513 g/mol. The molecule has 0 bridgehead atoms. The van der Waals surface area contributed by atoms with E-state index in [4.69, 9.17) is 9.47 Å². The molecular formula is C27H29F3N6O3. The van der Waals surface area contributed by atoms with E-state index in [2.05, 4.69) is 25.5 Å². The van der Waals surface area contributed by atoms with Crippen molar-refractivity contribution in [2.75, 3.05) is 55.4 Å². The number of carbonyl (C=O) groups is 1. The van der Waals surface area contributed by atoms with Crippen molar-refractivity contribution in [2.24, 2.45) is 0 Å². The molecule has 3 aromatic rings. The Morgan fingerprint density at radius 2 is 1.90 bits per heavy atom. The fourth-order valence-electron chi connectivity index (χ4n) is 4.40. The van der Waals surface area contributed by atoms with Gasteiger partial charge in [-0.05, 0) is 56.8 Å². The lowest BCUT2D eigenvalue weighted by Crippen LogP contribution is -2.44. The number of rotatable bonds is 5. The number of benzene rings is 2. The number of nitrogens with zero attached hydrogens (tertiary/aromatic N) is 4. The minimum absolute atomic E-state index is 0.0604. The van der Waals surface area contributed by atoms with Crippen LogP contribution in [0, 0.1) is 6.92 Å². The number of piperazine rings is 1. The Labute approximate surface area is 223 Å². The van der Waals surface area contributed by atoms with Gasteiger partial charge >= 0.3 is 6.18 Å². The number of carbonyl (C=O) groups excluding carboxylic acids is 1. The van der Waals surface area contributed by atoms with E-state index >= 15 is 0 Å².